The lowest BCUT2D eigenvalue weighted by Crippen LogP contribution is -2.46. The highest BCUT2D eigenvalue weighted by Crippen LogP contribution is 2.28. The number of nitrogens with zero attached hydrogens (tertiary/aromatic N) is 1. The average molecular weight is 256 g/mol. The van der Waals surface area contributed by atoms with E-state index in [1.165, 1.54) is 20.0 Å². The maximum Gasteiger partial charge on any atom is 0.322 e. The van der Waals surface area contributed by atoms with Crippen molar-refractivity contribution >= 4 is 5.97 Å². The van der Waals surface area contributed by atoms with Crippen molar-refractivity contribution in [3.8, 4) is 0 Å². The number of hydrogen-bond donors (Lipinski definition) is 1. The van der Waals surface area contributed by atoms with E-state index in [1.807, 2.05) is 0 Å². The topological polar surface area (TPSA) is 41.6 Å². The number of ether oxygens (including phenoxy) is 1. The van der Waals surface area contributed by atoms with Gasteiger partial charge >= 0.3 is 5.97 Å². The zero-order chi connectivity index (χ0) is 13.8. The molecule has 1 aliphatic rings. The smallest absolute Gasteiger partial charge is 0.322 e. The third-order valence-corrected chi connectivity index (χ3v) is 3.78. The molecule has 1 rings (SSSR count). The number of carbonyl (C=O) groups is 1. The molecule has 18 heavy (non-hydrogen) atoms. The van der Waals surface area contributed by atoms with Gasteiger partial charge in [-0.1, -0.05) is 13.8 Å². The molecule has 0 aromatic heterocycles. The van der Waals surface area contributed by atoms with Gasteiger partial charge in [0.15, 0.2) is 0 Å². The summed E-state index contributed by atoms with van der Waals surface area (Å²) in [6.45, 7) is 10.8. The third kappa shape index (κ3) is 4.25. The average Bonchev–Trinajstić information content (AvgIpc) is 2.62. The first-order valence-electron chi connectivity index (χ1n) is 6.96. The van der Waals surface area contributed by atoms with Crippen LogP contribution in [0.5, 0.6) is 0 Å². The Morgan fingerprint density at radius 3 is 2.56 bits per heavy atom. The second kappa shape index (κ2) is 6.53. The standard InChI is InChI=1S/C14H28N2O2/c1-11(2)15-12(13(17)18-5)7-10-16-9-6-8-14(16,3)4/h11-12,15H,6-10H2,1-5H3. The normalized spacial score (nSPS) is 21.2. The molecule has 1 N–H and O–H groups in total. The Morgan fingerprint density at radius 1 is 1.44 bits per heavy atom. The SMILES string of the molecule is COC(=O)C(CCN1CCCC1(C)C)NC(C)C. The van der Waals surface area contributed by atoms with E-state index in [1.54, 1.807) is 0 Å². The third-order valence-electron chi connectivity index (χ3n) is 3.78. The lowest BCUT2D eigenvalue weighted by Gasteiger charge is -2.32. The van der Waals surface area contributed by atoms with Crippen molar-refractivity contribution in [1.82, 2.24) is 10.2 Å². The van der Waals surface area contributed by atoms with Gasteiger partial charge in [0, 0.05) is 18.1 Å². The zero-order valence-electron chi connectivity index (χ0n) is 12.5. The Kier molecular flexibility index (Phi) is 5.60. The van der Waals surface area contributed by atoms with E-state index in [2.05, 4.69) is 37.9 Å². The molecule has 106 valence electrons. The minimum absolute atomic E-state index is 0.152. The van der Waals surface area contributed by atoms with Crippen LogP contribution in [0.25, 0.3) is 0 Å². The summed E-state index contributed by atoms with van der Waals surface area (Å²) in [7, 11) is 1.46. The molecule has 0 aliphatic carbocycles. The van der Waals surface area contributed by atoms with E-state index in [9.17, 15) is 4.79 Å². The van der Waals surface area contributed by atoms with Gasteiger partial charge in [-0.3, -0.25) is 9.69 Å². The first-order chi connectivity index (χ1) is 8.36. The monoisotopic (exact) mass is 256 g/mol. The molecule has 0 aromatic rings. The molecule has 1 atom stereocenters. The van der Waals surface area contributed by atoms with E-state index >= 15 is 0 Å². The van der Waals surface area contributed by atoms with Crippen LogP contribution in [-0.4, -0.2) is 48.7 Å². The largest absolute Gasteiger partial charge is 0.468 e. The lowest BCUT2D eigenvalue weighted by atomic mass is 10.0. The lowest BCUT2D eigenvalue weighted by molar-refractivity contribution is -0.143. The van der Waals surface area contributed by atoms with Gasteiger partial charge in [-0.2, -0.15) is 0 Å². The van der Waals surface area contributed by atoms with Crippen LogP contribution in [0.3, 0.4) is 0 Å². The van der Waals surface area contributed by atoms with Crippen LogP contribution in [0.4, 0.5) is 0 Å². The number of nitrogens with one attached hydrogen (secondary N) is 1. The number of carbonyl (C=O) groups excluding carboxylic acids is 1. The van der Waals surface area contributed by atoms with Gasteiger partial charge in [-0.05, 0) is 39.7 Å². The van der Waals surface area contributed by atoms with Gasteiger partial charge in [-0.25, -0.2) is 0 Å². The summed E-state index contributed by atoms with van der Waals surface area (Å²) in [6.07, 6.45) is 3.31. The summed E-state index contributed by atoms with van der Waals surface area (Å²) in [5.74, 6) is -0.152. The molecular weight excluding hydrogens is 228 g/mol. The molecule has 0 bridgehead atoms. The van der Waals surface area contributed by atoms with Crippen LogP contribution in [0.15, 0.2) is 0 Å². The first kappa shape index (κ1) is 15.4. The van der Waals surface area contributed by atoms with Crippen molar-refractivity contribution < 1.29 is 9.53 Å². The number of methoxy groups -OCH3 is 1. The molecule has 1 aliphatic heterocycles. The first-order valence-corrected chi connectivity index (χ1v) is 6.96. The molecular formula is C14H28N2O2. The highest BCUT2D eigenvalue weighted by atomic mass is 16.5. The Morgan fingerprint density at radius 2 is 2.11 bits per heavy atom. The molecule has 1 fully saturated rings. The van der Waals surface area contributed by atoms with Crippen molar-refractivity contribution in [3.63, 3.8) is 0 Å². The summed E-state index contributed by atoms with van der Waals surface area (Å²) in [5, 5.41) is 3.28. The van der Waals surface area contributed by atoms with E-state index in [0.29, 0.717) is 6.04 Å². The van der Waals surface area contributed by atoms with Crippen LogP contribution in [0.2, 0.25) is 0 Å². The van der Waals surface area contributed by atoms with Gasteiger partial charge < -0.3 is 10.1 Å². The van der Waals surface area contributed by atoms with Crippen molar-refractivity contribution in [2.24, 2.45) is 0 Å². The Hall–Kier alpha value is -0.610. The number of likely N-dealkylation sites (tertiary alicyclic amines) is 1. The van der Waals surface area contributed by atoms with Crippen LogP contribution in [-0.2, 0) is 9.53 Å². The number of esters is 1. The molecule has 4 nitrogen and oxygen atoms in total. The predicted molar refractivity (Wildman–Crippen MR) is 73.6 cm³/mol. The molecule has 0 saturated carbocycles. The van der Waals surface area contributed by atoms with E-state index in [0.717, 1.165) is 19.5 Å². The minimum Gasteiger partial charge on any atom is -0.468 e. The van der Waals surface area contributed by atoms with Gasteiger partial charge in [-0.15, -0.1) is 0 Å². The fourth-order valence-electron chi connectivity index (χ4n) is 2.68. The highest BCUT2D eigenvalue weighted by molar-refractivity contribution is 5.75. The Bertz CT molecular complexity index is 277. The fourth-order valence-corrected chi connectivity index (χ4v) is 2.68. The van der Waals surface area contributed by atoms with E-state index < -0.39 is 0 Å². The van der Waals surface area contributed by atoms with Crippen molar-refractivity contribution in [3.05, 3.63) is 0 Å². The summed E-state index contributed by atoms with van der Waals surface area (Å²) < 4.78 is 4.86. The second-order valence-corrected chi connectivity index (χ2v) is 6.09. The van der Waals surface area contributed by atoms with Gasteiger partial charge in [0.25, 0.3) is 0 Å². The van der Waals surface area contributed by atoms with Crippen molar-refractivity contribution in [2.45, 2.75) is 64.6 Å². The zero-order valence-corrected chi connectivity index (χ0v) is 12.5. The molecule has 1 saturated heterocycles. The fraction of sp³-hybridized carbons (Fsp3) is 0.929. The van der Waals surface area contributed by atoms with E-state index in [4.69, 9.17) is 4.74 Å². The summed E-state index contributed by atoms with van der Waals surface area (Å²) in [4.78, 5) is 14.2. The van der Waals surface area contributed by atoms with Crippen LogP contribution >= 0.6 is 0 Å². The maximum absolute atomic E-state index is 11.7. The summed E-state index contributed by atoms with van der Waals surface area (Å²) in [5.41, 5.74) is 0.276. The highest BCUT2D eigenvalue weighted by Gasteiger charge is 2.32. The van der Waals surface area contributed by atoms with Gasteiger partial charge in [0.05, 0.1) is 7.11 Å². The van der Waals surface area contributed by atoms with Gasteiger partial charge in [0.2, 0.25) is 0 Å². The molecule has 0 aromatic carbocycles. The van der Waals surface area contributed by atoms with Crippen LogP contribution < -0.4 is 5.32 Å². The summed E-state index contributed by atoms with van der Waals surface area (Å²) >= 11 is 0. The van der Waals surface area contributed by atoms with Crippen molar-refractivity contribution in [1.29, 1.82) is 0 Å². The van der Waals surface area contributed by atoms with Crippen LogP contribution in [0.1, 0.15) is 47.0 Å². The molecule has 0 radical (unpaired) electrons. The molecule has 1 unspecified atom stereocenters. The molecule has 0 amide bonds. The van der Waals surface area contributed by atoms with Crippen LogP contribution in [0, 0.1) is 0 Å². The maximum atomic E-state index is 11.7. The number of hydrogen-bond acceptors (Lipinski definition) is 4. The molecule has 1 heterocycles. The quantitative estimate of drug-likeness (QED) is 0.736. The second-order valence-electron chi connectivity index (χ2n) is 6.09. The van der Waals surface area contributed by atoms with E-state index in [-0.39, 0.29) is 17.6 Å². The molecule has 0 spiro atoms. The molecule has 4 heteroatoms. The summed E-state index contributed by atoms with van der Waals surface area (Å²) in [6, 6.07) is 0.104. The van der Waals surface area contributed by atoms with Crippen molar-refractivity contribution in [2.75, 3.05) is 20.2 Å². The predicted octanol–water partition coefficient (Wildman–Crippen LogP) is 1.79. The minimum atomic E-state index is -0.189. The number of rotatable bonds is 6. The van der Waals surface area contributed by atoms with Gasteiger partial charge in [0.1, 0.15) is 6.04 Å². The Balaban J connectivity index is 2.48. The Labute approximate surface area is 111 Å².